The Kier molecular flexibility index (Phi) is 4.20. The van der Waals surface area contributed by atoms with Crippen LogP contribution in [0.2, 0.25) is 0 Å². The van der Waals surface area contributed by atoms with Crippen LogP contribution in [0.3, 0.4) is 0 Å². The number of benzene rings is 1. The molecule has 168 valence electrons. The van der Waals surface area contributed by atoms with Crippen LogP contribution in [0.5, 0.6) is 5.75 Å². The number of aryl methyl sites for hydroxylation is 2. The van der Waals surface area contributed by atoms with Crippen LogP contribution in [-0.4, -0.2) is 42.3 Å². The van der Waals surface area contributed by atoms with E-state index in [-0.39, 0.29) is 34.4 Å². The highest BCUT2D eigenvalue weighted by atomic mass is 16.5. The van der Waals surface area contributed by atoms with Crippen LogP contribution >= 0.6 is 0 Å². The van der Waals surface area contributed by atoms with Crippen LogP contribution < -0.4 is 20.9 Å². The molecule has 0 spiro atoms. The standard InChI is InChI=1S/C22H22N8O3/c1-29-10-23-20-17(22(29)32)15(9-16(26-20)27-21(31)12-7-8-12)25-14-6-4-5-13(18(14)33-3)19-24-11-30(2)28-19/h4-6,9-12H,7-8H2,1-3H3,(H2,25,26,27,31)/i1D3. The third-order valence-corrected chi connectivity index (χ3v) is 5.26. The molecule has 2 N–H and O–H groups in total. The zero-order chi connectivity index (χ0) is 25.6. The van der Waals surface area contributed by atoms with Crippen molar-refractivity contribution in [1.82, 2.24) is 29.3 Å². The van der Waals surface area contributed by atoms with E-state index >= 15 is 0 Å². The molecule has 3 aromatic heterocycles. The lowest BCUT2D eigenvalue weighted by Crippen LogP contribution is -2.20. The Labute approximate surface area is 192 Å². The maximum Gasteiger partial charge on any atom is 0.264 e. The summed E-state index contributed by atoms with van der Waals surface area (Å²) in [5.41, 5.74) is 0.432. The predicted molar refractivity (Wildman–Crippen MR) is 122 cm³/mol. The summed E-state index contributed by atoms with van der Waals surface area (Å²) < 4.78 is 30.8. The van der Waals surface area contributed by atoms with E-state index in [1.165, 1.54) is 13.2 Å². The van der Waals surface area contributed by atoms with Crippen molar-refractivity contribution in [3.63, 3.8) is 0 Å². The molecule has 1 amide bonds. The van der Waals surface area contributed by atoms with E-state index in [1.807, 2.05) is 0 Å². The molecule has 11 nitrogen and oxygen atoms in total. The normalized spacial score (nSPS) is 14.9. The average Bonchev–Trinajstić information content (AvgIpc) is 3.59. The number of methoxy groups -OCH3 is 1. The fraction of sp³-hybridized carbons (Fsp3) is 0.273. The van der Waals surface area contributed by atoms with Gasteiger partial charge in [-0.15, -0.1) is 0 Å². The fourth-order valence-corrected chi connectivity index (χ4v) is 3.50. The lowest BCUT2D eigenvalue weighted by Gasteiger charge is -2.16. The van der Waals surface area contributed by atoms with Crippen molar-refractivity contribution >= 4 is 34.1 Å². The Morgan fingerprint density at radius 2 is 2.09 bits per heavy atom. The molecular weight excluding hydrogens is 424 g/mol. The zero-order valence-corrected chi connectivity index (χ0v) is 17.9. The molecule has 11 heteroatoms. The number of hydrogen-bond acceptors (Lipinski definition) is 8. The second kappa shape index (κ2) is 8.01. The van der Waals surface area contributed by atoms with Crippen molar-refractivity contribution in [2.75, 3.05) is 17.7 Å². The summed E-state index contributed by atoms with van der Waals surface area (Å²) in [5, 5.41) is 10.2. The van der Waals surface area contributed by atoms with Crippen molar-refractivity contribution in [2.45, 2.75) is 12.8 Å². The Bertz CT molecular complexity index is 1540. The Balaban J connectivity index is 1.66. The second-order valence-electron chi connectivity index (χ2n) is 7.69. The number of para-hydroxylation sites is 1. The van der Waals surface area contributed by atoms with E-state index in [0.717, 1.165) is 19.2 Å². The zero-order valence-electron chi connectivity index (χ0n) is 20.9. The lowest BCUT2D eigenvalue weighted by atomic mass is 10.1. The lowest BCUT2D eigenvalue weighted by molar-refractivity contribution is -0.117. The number of pyridine rings is 1. The van der Waals surface area contributed by atoms with Gasteiger partial charge in [0.25, 0.3) is 5.56 Å². The summed E-state index contributed by atoms with van der Waals surface area (Å²) >= 11 is 0. The Morgan fingerprint density at radius 3 is 2.79 bits per heavy atom. The van der Waals surface area contributed by atoms with Gasteiger partial charge >= 0.3 is 0 Å². The first-order valence-corrected chi connectivity index (χ1v) is 10.2. The van der Waals surface area contributed by atoms with Gasteiger partial charge in [0, 0.05) is 30.1 Å². The molecule has 0 atom stereocenters. The molecule has 0 radical (unpaired) electrons. The monoisotopic (exact) mass is 449 g/mol. The van der Waals surface area contributed by atoms with Gasteiger partial charge in [0.1, 0.15) is 17.5 Å². The van der Waals surface area contributed by atoms with Gasteiger partial charge in [0.15, 0.2) is 17.2 Å². The van der Waals surface area contributed by atoms with Crippen molar-refractivity contribution in [2.24, 2.45) is 19.9 Å². The molecule has 5 rings (SSSR count). The summed E-state index contributed by atoms with van der Waals surface area (Å²) in [6.07, 6.45) is 4.09. The summed E-state index contributed by atoms with van der Waals surface area (Å²) in [7, 11) is 3.23. The Hall–Kier alpha value is -4.28. The highest BCUT2D eigenvalue weighted by Crippen LogP contribution is 2.38. The quantitative estimate of drug-likeness (QED) is 0.458. The van der Waals surface area contributed by atoms with Gasteiger partial charge in [0.2, 0.25) is 5.91 Å². The topological polar surface area (TPSA) is 129 Å². The number of nitrogens with one attached hydrogen (secondary N) is 2. The molecule has 1 fully saturated rings. The van der Waals surface area contributed by atoms with Crippen LogP contribution in [0.15, 0.2) is 41.7 Å². The first-order valence-electron chi connectivity index (χ1n) is 11.7. The Morgan fingerprint density at radius 1 is 1.24 bits per heavy atom. The van der Waals surface area contributed by atoms with Crippen molar-refractivity contribution < 1.29 is 13.6 Å². The van der Waals surface area contributed by atoms with Gasteiger partial charge in [0.05, 0.1) is 30.4 Å². The van der Waals surface area contributed by atoms with Gasteiger partial charge in [-0.05, 0) is 25.0 Å². The van der Waals surface area contributed by atoms with Gasteiger partial charge in [-0.1, -0.05) is 6.07 Å². The largest absolute Gasteiger partial charge is 0.494 e. The number of hydrogen-bond donors (Lipinski definition) is 2. The number of fused-ring (bicyclic) bond motifs is 1. The van der Waals surface area contributed by atoms with Crippen LogP contribution in [0.4, 0.5) is 17.2 Å². The SMILES string of the molecule is [2H]C([2H])([2H])n1cnc2nc(NC(=O)C3CC3)cc(Nc3cccc(-c4ncn(C)n4)c3OC)c2c1=O. The van der Waals surface area contributed by atoms with Crippen molar-refractivity contribution in [3.05, 3.63) is 47.3 Å². The molecule has 0 bridgehead atoms. The molecule has 1 saturated carbocycles. The number of rotatable bonds is 6. The number of carbonyl (C=O) groups is 1. The minimum atomic E-state index is -2.74. The van der Waals surface area contributed by atoms with Gasteiger partial charge in [-0.25, -0.2) is 15.0 Å². The second-order valence-corrected chi connectivity index (χ2v) is 7.69. The fourth-order valence-electron chi connectivity index (χ4n) is 3.50. The van der Waals surface area contributed by atoms with E-state index in [9.17, 15) is 9.59 Å². The van der Waals surface area contributed by atoms with E-state index in [2.05, 4.69) is 30.7 Å². The van der Waals surface area contributed by atoms with Crippen LogP contribution in [0.1, 0.15) is 17.0 Å². The molecule has 1 aromatic carbocycles. The summed E-state index contributed by atoms with van der Waals surface area (Å²) in [4.78, 5) is 38.3. The smallest absolute Gasteiger partial charge is 0.264 e. The van der Waals surface area contributed by atoms with Crippen LogP contribution in [0.25, 0.3) is 22.4 Å². The minimum Gasteiger partial charge on any atom is -0.494 e. The summed E-state index contributed by atoms with van der Waals surface area (Å²) in [5.74, 6) is 0.767. The van der Waals surface area contributed by atoms with Gasteiger partial charge in [-0.3, -0.25) is 14.3 Å². The maximum atomic E-state index is 13.2. The average molecular weight is 449 g/mol. The first-order chi connectivity index (χ1) is 17.2. The van der Waals surface area contributed by atoms with Crippen LogP contribution in [0, 0.1) is 5.92 Å². The molecule has 0 aliphatic heterocycles. The molecule has 3 heterocycles. The number of aromatic nitrogens is 6. The van der Waals surface area contributed by atoms with E-state index in [0.29, 0.717) is 27.4 Å². The highest BCUT2D eigenvalue weighted by molar-refractivity contribution is 5.98. The van der Waals surface area contributed by atoms with Gasteiger partial charge in [-0.2, -0.15) is 5.10 Å². The van der Waals surface area contributed by atoms with Crippen molar-refractivity contribution in [1.29, 1.82) is 0 Å². The number of carbonyl (C=O) groups excluding carboxylic acids is 1. The number of amides is 1. The number of nitrogens with zero attached hydrogens (tertiary/aromatic N) is 6. The minimum absolute atomic E-state index is 0.0156. The summed E-state index contributed by atoms with van der Waals surface area (Å²) in [6, 6.07) is 6.74. The molecule has 1 aliphatic rings. The highest BCUT2D eigenvalue weighted by Gasteiger charge is 2.30. The first kappa shape index (κ1) is 17.3. The molecule has 1 aliphatic carbocycles. The predicted octanol–water partition coefficient (Wildman–Crippen LogP) is 2.22. The molecule has 33 heavy (non-hydrogen) atoms. The number of anilines is 3. The maximum absolute atomic E-state index is 13.2. The van der Waals surface area contributed by atoms with Crippen molar-refractivity contribution in [3.8, 4) is 17.1 Å². The third kappa shape index (κ3) is 3.88. The molecular formula is C22H22N8O3. The van der Waals surface area contributed by atoms with Crippen LogP contribution in [-0.2, 0) is 18.8 Å². The molecule has 0 saturated heterocycles. The van der Waals surface area contributed by atoms with E-state index in [4.69, 9.17) is 8.85 Å². The molecule has 0 unspecified atom stereocenters. The number of ether oxygens (including phenoxy) is 1. The van der Waals surface area contributed by atoms with E-state index in [1.54, 1.807) is 36.3 Å². The molecule has 4 aromatic rings. The summed E-state index contributed by atoms with van der Waals surface area (Å²) in [6.45, 7) is -2.74. The van der Waals surface area contributed by atoms with Gasteiger partial charge < -0.3 is 19.9 Å². The van der Waals surface area contributed by atoms with E-state index < -0.39 is 12.5 Å². The third-order valence-electron chi connectivity index (χ3n) is 5.26.